The van der Waals surface area contributed by atoms with Crippen molar-refractivity contribution >= 4 is 17.3 Å². The summed E-state index contributed by atoms with van der Waals surface area (Å²) in [5, 5.41) is 11.4. The SMILES string of the molecule is COC(=O)c1cc(N2CCCC(N3CCCCCC3)C2)cc(C)c1[N+](=O)[O-]. The summed E-state index contributed by atoms with van der Waals surface area (Å²) in [6.07, 6.45) is 7.43. The van der Waals surface area contributed by atoms with E-state index in [1.807, 2.05) is 6.07 Å². The number of piperidine rings is 1. The predicted octanol–water partition coefficient (Wildman–Crippen LogP) is 3.53. The zero-order valence-electron chi connectivity index (χ0n) is 16.3. The molecule has 0 bridgehead atoms. The van der Waals surface area contributed by atoms with Crippen molar-refractivity contribution in [1.82, 2.24) is 4.90 Å². The number of esters is 1. The second-order valence-electron chi connectivity index (χ2n) is 7.60. The Morgan fingerprint density at radius 3 is 2.48 bits per heavy atom. The van der Waals surface area contributed by atoms with Gasteiger partial charge in [0.15, 0.2) is 0 Å². The van der Waals surface area contributed by atoms with Gasteiger partial charge in [0.25, 0.3) is 5.69 Å². The number of methoxy groups -OCH3 is 1. The van der Waals surface area contributed by atoms with Gasteiger partial charge in [-0.1, -0.05) is 12.8 Å². The number of nitrogens with zero attached hydrogens (tertiary/aromatic N) is 3. The minimum absolute atomic E-state index is 0.0365. The highest BCUT2D eigenvalue weighted by Crippen LogP contribution is 2.32. The number of nitro benzene ring substituents is 1. The number of carbonyl (C=O) groups is 1. The topological polar surface area (TPSA) is 75.9 Å². The molecule has 0 radical (unpaired) electrons. The van der Waals surface area contributed by atoms with Crippen molar-refractivity contribution in [2.75, 3.05) is 38.2 Å². The quantitative estimate of drug-likeness (QED) is 0.455. The summed E-state index contributed by atoms with van der Waals surface area (Å²) < 4.78 is 4.78. The Balaban J connectivity index is 1.85. The molecule has 1 aromatic carbocycles. The van der Waals surface area contributed by atoms with Gasteiger partial charge in [0, 0.05) is 30.4 Å². The third-order valence-electron chi connectivity index (χ3n) is 5.79. The van der Waals surface area contributed by atoms with E-state index in [0.29, 0.717) is 11.6 Å². The molecule has 2 aliphatic rings. The molecule has 2 heterocycles. The summed E-state index contributed by atoms with van der Waals surface area (Å²) in [5.41, 5.74) is 1.24. The molecule has 1 aromatic rings. The maximum absolute atomic E-state index is 12.1. The molecule has 7 nitrogen and oxygen atoms in total. The van der Waals surface area contributed by atoms with Crippen molar-refractivity contribution < 1.29 is 14.5 Å². The highest BCUT2D eigenvalue weighted by Gasteiger charge is 2.29. The molecule has 0 N–H and O–H groups in total. The van der Waals surface area contributed by atoms with Gasteiger partial charge in [0.1, 0.15) is 5.56 Å². The van der Waals surface area contributed by atoms with Crippen molar-refractivity contribution in [2.24, 2.45) is 0 Å². The second-order valence-corrected chi connectivity index (χ2v) is 7.60. The molecule has 7 heteroatoms. The van der Waals surface area contributed by atoms with Crippen LogP contribution in [0.2, 0.25) is 0 Å². The van der Waals surface area contributed by atoms with Crippen LogP contribution in [0.15, 0.2) is 12.1 Å². The number of ether oxygens (including phenoxy) is 1. The van der Waals surface area contributed by atoms with E-state index in [2.05, 4.69) is 9.80 Å². The first-order chi connectivity index (χ1) is 13.0. The maximum atomic E-state index is 12.1. The van der Waals surface area contributed by atoms with Crippen molar-refractivity contribution in [3.05, 3.63) is 33.4 Å². The summed E-state index contributed by atoms with van der Waals surface area (Å²) in [4.78, 5) is 27.9. The van der Waals surface area contributed by atoms with Gasteiger partial charge in [-0.15, -0.1) is 0 Å². The van der Waals surface area contributed by atoms with E-state index < -0.39 is 10.9 Å². The zero-order valence-corrected chi connectivity index (χ0v) is 16.3. The third-order valence-corrected chi connectivity index (χ3v) is 5.79. The molecule has 1 unspecified atom stereocenters. The molecule has 27 heavy (non-hydrogen) atoms. The highest BCUT2D eigenvalue weighted by molar-refractivity contribution is 5.95. The van der Waals surface area contributed by atoms with Crippen LogP contribution in [-0.4, -0.2) is 55.1 Å². The van der Waals surface area contributed by atoms with Gasteiger partial charge in [0.05, 0.1) is 12.0 Å². The fraction of sp³-hybridized carbons (Fsp3) is 0.650. The zero-order chi connectivity index (χ0) is 19.4. The van der Waals surface area contributed by atoms with Gasteiger partial charge >= 0.3 is 5.97 Å². The summed E-state index contributed by atoms with van der Waals surface area (Å²) in [6, 6.07) is 3.96. The van der Waals surface area contributed by atoms with Crippen LogP contribution in [-0.2, 0) is 4.74 Å². The molecule has 2 fully saturated rings. The predicted molar refractivity (Wildman–Crippen MR) is 104 cm³/mol. The number of anilines is 1. The largest absolute Gasteiger partial charge is 0.465 e. The number of likely N-dealkylation sites (tertiary alicyclic amines) is 1. The number of rotatable bonds is 4. The van der Waals surface area contributed by atoms with Crippen LogP contribution in [0.25, 0.3) is 0 Å². The maximum Gasteiger partial charge on any atom is 0.344 e. The fourth-order valence-corrected chi connectivity index (χ4v) is 4.40. The standard InChI is InChI=1S/C20H29N3O4/c1-15-12-17(13-18(20(24)27-2)19(15)23(25)26)22-11-7-8-16(14-22)21-9-5-3-4-6-10-21/h12-13,16H,3-11,14H2,1-2H3. The van der Waals surface area contributed by atoms with E-state index in [4.69, 9.17) is 4.74 Å². The summed E-state index contributed by atoms with van der Waals surface area (Å²) in [6.45, 7) is 5.81. The van der Waals surface area contributed by atoms with Crippen LogP contribution in [0.1, 0.15) is 54.4 Å². The van der Waals surface area contributed by atoms with Crippen LogP contribution in [0.3, 0.4) is 0 Å². The van der Waals surface area contributed by atoms with E-state index in [9.17, 15) is 14.9 Å². The number of hydrogen-bond donors (Lipinski definition) is 0. The molecule has 2 aliphatic heterocycles. The first-order valence-electron chi connectivity index (χ1n) is 9.87. The molecule has 148 valence electrons. The number of aryl methyl sites for hydroxylation is 1. The molecular formula is C20H29N3O4. The van der Waals surface area contributed by atoms with Gasteiger partial charge in [0.2, 0.25) is 0 Å². The van der Waals surface area contributed by atoms with E-state index in [1.165, 1.54) is 39.2 Å². The van der Waals surface area contributed by atoms with E-state index >= 15 is 0 Å². The van der Waals surface area contributed by atoms with Crippen LogP contribution in [0, 0.1) is 17.0 Å². The van der Waals surface area contributed by atoms with Gasteiger partial charge < -0.3 is 9.64 Å². The Hall–Kier alpha value is -2.15. The van der Waals surface area contributed by atoms with Crippen molar-refractivity contribution in [1.29, 1.82) is 0 Å². The van der Waals surface area contributed by atoms with Crippen LogP contribution >= 0.6 is 0 Å². The lowest BCUT2D eigenvalue weighted by Gasteiger charge is -2.40. The smallest absolute Gasteiger partial charge is 0.344 e. The lowest BCUT2D eigenvalue weighted by molar-refractivity contribution is -0.385. The van der Waals surface area contributed by atoms with Gasteiger partial charge in [-0.05, 0) is 57.8 Å². The second kappa shape index (κ2) is 8.69. The minimum Gasteiger partial charge on any atom is -0.465 e. The minimum atomic E-state index is -0.660. The van der Waals surface area contributed by atoms with Crippen molar-refractivity contribution in [3.63, 3.8) is 0 Å². The van der Waals surface area contributed by atoms with Crippen LogP contribution in [0.4, 0.5) is 11.4 Å². The first-order valence-corrected chi connectivity index (χ1v) is 9.87. The molecule has 0 aliphatic carbocycles. The average molecular weight is 375 g/mol. The molecule has 0 aromatic heterocycles. The first kappa shape index (κ1) is 19.6. The van der Waals surface area contributed by atoms with Gasteiger partial charge in [-0.25, -0.2) is 4.79 Å². The Bertz CT molecular complexity index is 699. The number of benzene rings is 1. The lowest BCUT2D eigenvalue weighted by Crippen LogP contribution is -2.48. The number of carbonyl (C=O) groups excluding carboxylic acids is 1. The monoisotopic (exact) mass is 375 g/mol. The summed E-state index contributed by atoms with van der Waals surface area (Å²) in [5.74, 6) is -0.660. The summed E-state index contributed by atoms with van der Waals surface area (Å²) in [7, 11) is 1.25. The lowest BCUT2D eigenvalue weighted by atomic mass is 10.0. The van der Waals surface area contributed by atoms with Gasteiger partial charge in [-0.2, -0.15) is 0 Å². The number of hydrogen-bond acceptors (Lipinski definition) is 6. The Morgan fingerprint density at radius 1 is 1.15 bits per heavy atom. The van der Waals surface area contributed by atoms with E-state index in [-0.39, 0.29) is 11.3 Å². The fourth-order valence-electron chi connectivity index (χ4n) is 4.40. The molecule has 2 saturated heterocycles. The molecule has 0 amide bonds. The van der Waals surface area contributed by atoms with Crippen molar-refractivity contribution in [2.45, 2.75) is 51.5 Å². The van der Waals surface area contributed by atoms with Crippen LogP contribution in [0.5, 0.6) is 0 Å². The molecule has 0 spiro atoms. The molecule has 3 rings (SSSR count). The van der Waals surface area contributed by atoms with Crippen LogP contribution < -0.4 is 4.90 Å². The highest BCUT2D eigenvalue weighted by atomic mass is 16.6. The average Bonchev–Trinajstić information content (AvgIpc) is 2.96. The Morgan fingerprint density at radius 2 is 1.85 bits per heavy atom. The van der Waals surface area contributed by atoms with Crippen molar-refractivity contribution in [3.8, 4) is 0 Å². The Kier molecular flexibility index (Phi) is 6.31. The van der Waals surface area contributed by atoms with E-state index in [0.717, 1.165) is 38.3 Å². The summed E-state index contributed by atoms with van der Waals surface area (Å²) >= 11 is 0. The number of nitro groups is 1. The molecule has 0 saturated carbocycles. The third kappa shape index (κ3) is 4.40. The Labute approximate surface area is 160 Å². The van der Waals surface area contributed by atoms with E-state index in [1.54, 1.807) is 13.0 Å². The normalized spacial score (nSPS) is 21.6. The molecular weight excluding hydrogens is 346 g/mol. The molecule has 1 atom stereocenters. The van der Waals surface area contributed by atoms with Gasteiger partial charge in [-0.3, -0.25) is 15.0 Å².